The second-order valence-electron chi connectivity index (χ2n) is 6.84. The molecule has 0 unspecified atom stereocenters. The number of nitrogens with zero attached hydrogens (tertiary/aromatic N) is 5. The Labute approximate surface area is 189 Å². The summed E-state index contributed by atoms with van der Waals surface area (Å²) in [6.45, 7) is 6.19. The van der Waals surface area contributed by atoms with Crippen LogP contribution >= 0.6 is 24.0 Å². The second kappa shape index (κ2) is 11.0. The van der Waals surface area contributed by atoms with Gasteiger partial charge in [-0.15, -0.1) is 24.0 Å². The van der Waals surface area contributed by atoms with Crippen molar-refractivity contribution in [2.45, 2.75) is 13.5 Å². The van der Waals surface area contributed by atoms with Crippen molar-refractivity contribution in [1.29, 1.82) is 0 Å². The first-order valence-corrected chi connectivity index (χ1v) is 9.56. The summed E-state index contributed by atoms with van der Waals surface area (Å²) in [5.41, 5.74) is 1.11. The van der Waals surface area contributed by atoms with Crippen LogP contribution in [0.25, 0.3) is 0 Å². The van der Waals surface area contributed by atoms with E-state index in [2.05, 4.69) is 22.1 Å². The third kappa shape index (κ3) is 6.09. The number of piperazine rings is 1. The maximum absolute atomic E-state index is 12.4. The van der Waals surface area contributed by atoms with Crippen molar-refractivity contribution < 1.29 is 9.21 Å². The van der Waals surface area contributed by atoms with Gasteiger partial charge in [-0.3, -0.25) is 4.79 Å². The van der Waals surface area contributed by atoms with Crippen molar-refractivity contribution in [3.63, 3.8) is 0 Å². The number of anilines is 1. The van der Waals surface area contributed by atoms with E-state index in [4.69, 9.17) is 9.41 Å². The van der Waals surface area contributed by atoms with E-state index in [1.165, 1.54) is 6.26 Å². The van der Waals surface area contributed by atoms with Crippen molar-refractivity contribution in [2.75, 3.05) is 51.7 Å². The van der Waals surface area contributed by atoms with Crippen LogP contribution in [-0.2, 0) is 6.54 Å². The number of aromatic nitrogens is 1. The number of hydrogen-bond acceptors (Lipinski definition) is 5. The van der Waals surface area contributed by atoms with E-state index in [1.54, 1.807) is 12.1 Å². The Morgan fingerprint density at radius 3 is 2.59 bits per heavy atom. The molecule has 3 heterocycles. The zero-order valence-electron chi connectivity index (χ0n) is 17.2. The number of hydrogen-bond donors (Lipinski definition) is 1. The molecule has 1 saturated heterocycles. The summed E-state index contributed by atoms with van der Waals surface area (Å²) in [5, 5.41) is 3.36. The lowest BCUT2D eigenvalue weighted by Crippen LogP contribution is -2.53. The summed E-state index contributed by atoms with van der Waals surface area (Å²) < 4.78 is 5.23. The van der Waals surface area contributed by atoms with E-state index >= 15 is 0 Å². The molecule has 0 aromatic carbocycles. The van der Waals surface area contributed by atoms with E-state index < -0.39 is 0 Å². The van der Waals surface area contributed by atoms with Crippen LogP contribution in [-0.4, -0.2) is 73.5 Å². The van der Waals surface area contributed by atoms with Crippen LogP contribution < -0.4 is 10.2 Å². The summed E-state index contributed by atoms with van der Waals surface area (Å²) in [4.78, 5) is 27.6. The summed E-state index contributed by atoms with van der Waals surface area (Å²) in [6, 6.07) is 7.48. The zero-order valence-corrected chi connectivity index (χ0v) is 19.5. The first-order valence-electron chi connectivity index (χ1n) is 9.56. The molecule has 158 valence electrons. The molecule has 0 spiro atoms. The predicted octanol–water partition coefficient (Wildman–Crippen LogP) is 2.28. The Morgan fingerprint density at radius 1 is 1.24 bits per heavy atom. The number of guanidine groups is 1. The fourth-order valence-corrected chi connectivity index (χ4v) is 3.07. The highest BCUT2D eigenvalue weighted by atomic mass is 127. The SMILES string of the molecule is CCNC(=NCc1ccnc(N(C)C)c1)N1CCN(C(=O)c2ccco2)CC1.I. The molecule has 1 amide bonds. The zero-order chi connectivity index (χ0) is 19.9. The van der Waals surface area contributed by atoms with Gasteiger partial charge >= 0.3 is 0 Å². The number of carbonyl (C=O) groups excluding carboxylic acids is 1. The molecule has 0 aliphatic carbocycles. The molecule has 0 bridgehead atoms. The molecular formula is C20H29IN6O2. The Hall–Kier alpha value is -2.30. The molecule has 2 aromatic heterocycles. The maximum Gasteiger partial charge on any atom is 0.289 e. The molecule has 8 nitrogen and oxygen atoms in total. The third-order valence-corrected chi connectivity index (χ3v) is 4.61. The molecule has 9 heteroatoms. The molecule has 1 fully saturated rings. The highest BCUT2D eigenvalue weighted by Gasteiger charge is 2.25. The molecule has 0 saturated carbocycles. The number of pyridine rings is 1. The van der Waals surface area contributed by atoms with Gasteiger partial charge in [0.15, 0.2) is 11.7 Å². The van der Waals surface area contributed by atoms with Gasteiger partial charge in [-0.1, -0.05) is 0 Å². The largest absolute Gasteiger partial charge is 0.459 e. The van der Waals surface area contributed by atoms with E-state index in [0.717, 1.165) is 37.0 Å². The lowest BCUT2D eigenvalue weighted by molar-refractivity contribution is 0.0657. The third-order valence-electron chi connectivity index (χ3n) is 4.61. The fraction of sp³-hybridized carbons (Fsp3) is 0.450. The van der Waals surface area contributed by atoms with Crippen LogP contribution in [0.1, 0.15) is 23.0 Å². The van der Waals surface area contributed by atoms with Gasteiger partial charge in [-0.2, -0.15) is 0 Å². The van der Waals surface area contributed by atoms with E-state index in [-0.39, 0.29) is 29.9 Å². The fourth-order valence-electron chi connectivity index (χ4n) is 3.07. The van der Waals surface area contributed by atoms with Gasteiger partial charge in [0.05, 0.1) is 12.8 Å². The Morgan fingerprint density at radius 2 is 1.97 bits per heavy atom. The number of furan rings is 1. The minimum Gasteiger partial charge on any atom is -0.459 e. The van der Waals surface area contributed by atoms with Crippen molar-refractivity contribution in [3.05, 3.63) is 48.0 Å². The van der Waals surface area contributed by atoms with Gasteiger partial charge in [-0.05, 0) is 36.8 Å². The van der Waals surface area contributed by atoms with E-state index in [1.807, 2.05) is 42.2 Å². The van der Waals surface area contributed by atoms with E-state index in [9.17, 15) is 4.79 Å². The highest BCUT2D eigenvalue weighted by Crippen LogP contribution is 2.12. The van der Waals surface area contributed by atoms with Crippen LogP contribution in [0.3, 0.4) is 0 Å². The van der Waals surface area contributed by atoms with Crippen molar-refractivity contribution in [1.82, 2.24) is 20.1 Å². The van der Waals surface area contributed by atoms with Crippen molar-refractivity contribution >= 4 is 41.7 Å². The van der Waals surface area contributed by atoms with Gasteiger partial charge in [0.2, 0.25) is 0 Å². The van der Waals surface area contributed by atoms with Crippen LogP contribution in [0, 0.1) is 0 Å². The molecule has 1 N–H and O–H groups in total. The lowest BCUT2D eigenvalue weighted by Gasteiger charge is -2.36. The molecule has 1 aliphatic rings. The van der Waals surface area contributed by atoms with Crippen molar-refractivity contribution in [3.8, 4) is 0 Å². The summed E-state index contributed by atoms with van der Waals surface area (Å²) >= 11 is 0. The Bertz CT molecular complexity index is 801. The number of halogens is 1. The average molecular weight is 512 g/mol. The Kier molecular flexibility index (Phi) is 8.74. The summed E-state index contributed by atoms with van der Waals surface area (Å²) in [5.74, 6) is 2.13. The Balaban J connectivity index is 0.00000300. The maximum atomic E-state index is 12.4. The first-order chi connectivity index (χ1) is 13.6. The van der Waals surface area contributed by atoms with Gasteiger partial charge in [0, 0.05) is 53.0 Å². The van der Waals surface area contributed by atoms with Gasteiger partial charge < -0.3 is 24.4 Å². The molecule has 29 heavy (non-hydrogen) atoms. The molecular weight excluding hydrogens is 483 g/mol. The summed E-state index contributed by atoms with van der Waals surface area (Å²) in [6.07, 6.45) is 3.34. The van der Waals surface area contributed by atoms with Gasteiger partial charge in [0.25, 0.3) is 5.91 Å². The van der Waals surface area contributed by atoms with Crippen LogP contribution in [0.2, 0.25) is 0 Å². The number of rotatable bonds is 5. The molecule has 1 aliphatic heterocycles. The average Bonchev–Trinajstić information content (AvgIpc) is 3.26. The lowest BCUT2D eigenvalue weighted by atomic mass is 10.2. The number of carbonyl (C=O) groups is 1. The van der Waals surface area contributed by atoms with Gasteiger partial charge in [-0.25, -0.2) is 9.98 Å². The number of amides is 1. The molecule has 3 rings (SSSR count). The quantitative estimate of drug-likeness (QED) is 0.377. The molecule has 0 radical (unpaired) electrons. The minimum absolute atomic E-state index is 0. The smallest absolute Gasteiger partial charge is 0.289 e. The van der Waals surface area contributed by atoms with Crippen LogP contribution in [0.4, 0.5) is 5.82 Å². The van der Waals surface area contributed by atoms with E-state index in [0.29, 0.717) is 25.4 Å². The summed E-state index contributed by atoms with van der Waals surface area (Å²) in [7, 11) is 3.95. The highest BCUT2D eigenvalue weighted by molar-refractivity contribution is 14.0. The standard InChI is InChI=1S/C20H28N6O2.HI/c1-4-21-20(23-15-16-7-8-22-18(14-16)24(2)3)26-11-9-25(10-12-26)19(27)17-6-5-13-28-17;/h5-8,13-14H,4,9-12,15H2,1-3H3,(H,21,23);1H. The predicted molar refractivity (Wildman–Crippen MR) is 125 cm³/mol. The molecule has 0 atom stereocenters. The normalized spacial score (nSPS) is 14.4. The monoisotopic (exact) mass is 512 g/mol. The van der Waals surface area contributed by atoms with Crippen LogP contribution in [0.5, 0.6) is 0 Å². The number of aliphatic imine (C=N–C) groups is 1. The van der Waals surface area contributed by atoms with Gasteiger partial charge in [0.1, 0.15) is 5.82 Å². The number of nitrogens with one attached hydrogen (secondary N) is 1. The minimum atomic E-state index is -0.0559. The van der Waals surface area contributed by atoms with Crippen molar-refractivity contribution in [2.24, 2.45) is 4.99 Å². The first kappa shape index (κ1) is 23.0. The molecule has 2 aromatic rings. The second-order valence-corrected chi connectivity index (χ2v) is 6.84. The van der Waals surface area contributed by atoms with Crippen LogP contribution in [0.15, 0.2) is 46.1 Å². The topological polar surface area (TPSA) is 77.2 Å².